The molecule has 1 aromatic carbocycles. The van der Waals surface area contributed by atoms with Gasteiger partial charge < -0.3 is 10.6 Å². The highest BCUT2D eigenvalue weighted by molar-refractivity contribution is 5.97. The number of nitro benzene ring substituents is 1. The topological polar surface area (TPSA) is 114 Å². The molecule has 0 aliphatic carbocycles. The molecule has 0 fully saturated rings. The molecule has 2 rings (SSSR count). The van der Waals surface area contributed by atoms with Gasteiger partial charge >= 0.3 is 0 Å². The molecule has 0 aliphatic rings. The minimum Gasteiger partial charge on any atom is -0.346 e. The summed E-state index contributed by atoms with van der Waals surface area (Å²) in [4.78, 5) is 37.6. The number of aromatic nitrogens is 1. The van der Waals surface area contributed by atoms with E-state index in [1.165, 1.54) is 19.1 Å². The Kier molecular flexibility index (Phi) is 4.98. The van der Waals surface area contributed by atoms with E-state index >= 15 is 0 Å². The summed E-state index contributed by atoms with van der Waals surface area (Å²) in [6.07, 6.45) is 1.61. The summed E-state index contributed by atoms with van der Waals surface area (Å²) in [7, 11) is 0. The summed E-state index contributed by atoms with van der Waals surface area (Å²) in [6.45, 7) is 1.46. The molecule has 118 valence electrons. The van der Waals surface area contributed by atoms with Crippen molar-refractivity contribution in [2.45, 2.75) is 13.5 Å². The molecule has 2 aromatic rings. The zero-order valence-corrected chi connectivity index (χ0v) is 12.3. The normalized spacial score (nSPS) is 9.96. The fraction of sp³-hybridized carbons (Fsp3) is 0.133. The van der Waals surface area contributed by atoms with Gasteiger partial charge in [0.1, 0.15) is 5.69 Å². The van der Waals surface area contributed by atoms with E-state index in [4.69, 9.17) is 0 Å². The fourth-order valence-electron chi connectivity index (χ4n) is 1.89. The monoisotopic (exact) mass is 314 g/mol. The first-order valence-electron chi connectivity index (χ1n) is 6.71. The van der Waals surface area contributed by atoms with Crippen molar-refractivity contribution in [3.63, 3.8) is 0 Å². The van der Waals surface area contributed by atoms with Crippen LogP contribution in [0.4, 0.5) is 11.4 Å². The summed E-state index contributed by atoms with van der Waals surface area (Å²) in [5.41, 5.74) is 0.501. The zero-order chi connectivity index (χ0) is 16.8. The molecule has 1 aromatic heterocycles. The molecule has 1 heterocycles. The van der Waals surface area contributed by atoms with E-state index in [9.17, 15) is 19.7 Å². The fourth-order valence-corrected chi connectivity index (χ4v) is 1.89. The molecule has 23 heavy (non-hydrogen) atoms. The number of nitrogens with one attached hydrogen (secondary N) is 2. The van der Waals surface area contributed by atoms with Crippen LogP contribution in [0, 0.1) is 10.1 Å². The number of benzene rings is 1. The lowest BCUT2D eigenvalue weighted by molar-refractivity contribution is -0.384. The van der Waals surface area contributed by atoms with E-state index in [-0.39, 0.29) is 23.5 Å². The number of amides is 2. The number of carbonyl (C=O) groups is 2. The first kappa shape index (κ1) is 16.1. The van der Waals surface area contributed by atoms with Gasteiger partial charge in [0.25, 0.3) is 11.6 Å². The third kappa shape index (κ3) is 4.34. The number of anilines is 1. The van der Waals surface area contributed by atoms with E-state index in [0.717, 1.165) is 6.07 Å². The van der Waals surface area contributed by atoms with Crippen molar-refractivity contribution >= 4 is 23.2 Å². The van der Waals surface area contributed by atoms with Gasteiger partial charge in [0.2, 0.25) is 5.91 Å². The lowest BCUT2D eigenvalue weighted by Crippen LogP contribution is -2.23. The summed E-state index contributed by atoms with van der Waals surface area (Å²) >= 11 is 0. The van der Waals surface area contributed by atoms with Gasteiger partial charge in [0.05, 0.1) is 17.2 Å². The molecule has 2 amide bonds. The average molecular weight is 314 g/mol. The van der Waals surface area contributed by atoms with E-state index in [1.807, 2.05) is 0 Å². The Morgan fingerprint density at radius 2 is 2.04 bits per heavy atom. The molecule has 0 radical (unpaired) electrons. The second-order valence-electron chi connectivity index (χ2n) is 4.67. The number of carbonyl (C=O) groups excluding carboxylic acids is 2. The quantitative estimate of drug-likeness (QED) is 0.646. The van der Waals surface area contributed by atoms with Crippen molar-refractivity contribution in [1.29, 1.82) is 0 Å². The van der Waals surface area contributed by atoms with Crippen molar-refractivity contribution < 1.29 is 14.5 Å². The third-order valence-corrected chi connectivity index (χ3v) is 2.92. The van der Waals surface area contributed by atoms with Gasteiger partial charge in [-0.3, -0.25) is 24.7 Å². The number of rotatable bonds is 5. The van der Waals surface area contributed by atoms with E-state index in [1.54, 1.807) is 24.4 Å². The van der Waals surface area contributed by atoms with E-state index < -0.39 is 16.7 Å². The molecule has 0 saturated heterocycles. The highest BCUT2D eigenvalue weighted by Gasteiger charge is 2.18. The molecule has 0 spiro atoms. The summed E-state index contributed by atoms with van der Waals surface area (Å²) < 4.78 is 0. The van der Waals surface area contributed by atoms with Crippen molar-refractivity contribution in [1.82, 2.24) is 10.3 Å². The molecular formula is C15H14N4O4. The highest BCUT2D eigenvalue weighted by atomic mass is 16.6. The van der Waals surface area contributed by atoms with Crippen LogP contribution in [-0.2, 0) is 11.3 Å². The van der Waals surface area contributed by atoms with Crippen LogP contribution in [0.15, 0.2) is 42.6 Å². The van der Waals surface area contributed by atoms with Gasteiger partial charge in [0.15, 0.2) is 0 Å². The molecule has 2 N–H and O–H groups in total. The Hall–Kier alpha value is -3.29. The summed E-state index contributed by atoms with van der Waals surface area (Å²) in [5, 5.41) is 16.1. The molecule has 8 heteroatoms. The number of pyridine rings is 1. The van der Waals surface area contributed by atoms with Crippen LogP contribution >= 0.6 is 0 Å². The first-order valence-corrected chi connectivity index (χ1v) is 6.71. The molecule has 0 saturated carbocycles. The minimum absolute atomic E-state index is 0.0452. The molecular weight excluding hydrogens is 300 g/mol. The molecule has 0 unspecified atom stereocenters. The second-order valence-corrected chi connectivity index (χ2v) is 4.67. The summed E-state index contributed by atoms with van der Waals surface area (Å²) in [6, 6.07) is 9.17. The highest BCUT2D eigenvalue weighted by Crippen LogP contribution is 2.25. The third-order valence-electron chi connectivity index (χ3n) is 2.92. The van der Waals surface area contributed by atoms with Crippen molar-refractivity contribution in [2.75, 3.05) is 5.32 Å². The van der Waals surface area contributed by atoms with Gasteiger partial charge in [-0.15, -0.1) is 0 Å². The smallest absolute Gasteiger partial charge is 0.293 e. The maximum atomic E-state index is 12.1. The van der Waals surface area contributed by atoms with Crippen LogP contribution in [0.2, 0.25) is 0 Å². The van der Waals surface area contributed by atoms with E-state index in [0.29, 0.717) is 5.69 Å². The molecule has 8 nitrogen and oxygen atoms in total. The average Bonchev–Trinajstić information content (AvgIpc) is 2.53. The van der Waals surface area contributed by atoms with E-state index in [2.05, 4.69) is 15.6 Å². The van der Waals surface area contributed by atoms with Crippen molar-refractivity contribution in [2.24, 2.45) is 0 Å². The maximum absolute atomic E-state index is 12.1. The second kappa shape index (κ2) is 7.12. The predicted octanol–water partition coefficient (Wildman–Crippen LogP) is 1.88. The predicted molar refractivity (Wildman–Crippen MR) is 82.8 cm³/mol. The van der Waals surface area contributed by atoms with Gasteiger partial charge in [0, 0.05) is 24.8 Å². The van der Waals surface area contributed by atoms with Gasteiger partial charge in [-0.2, -0.15) is 0 Å². The summed E-state index contributed by atoms with van der Waals surface area (Å²) in [5.74, 6) is -0.895. The number of nitrogens with zero attached hydrogens (tertiary/aromatic N) is 2. The molecule has 0 bridgehead atoms. The first-order chi connectivity index (χ1) is 11.0. The maximum Gasteiger partial charge on any atom is 0.293 e. The van der Waals surface area contributed by atoms with Crippen LogP contribution in [0.3, 0.4) is 0 Å². The standard InChI is InChI=1S/C15H14N4O4/c1-10(20)18-13-6-5-11(8-14(13)19(22)23)15(21)17-9-12-4-2-3-7-16-12/h2-8H,9H2,1H3,(H,17,21)(H,18,20). The van der Waals surface area contributed by atoms with Crippen LogP contribution in [0.25, 0.3) is 0 Å². The minimum atomic E-state index is -0.652. The lowest BCUT2D eigenvalue weighted by Gasteiger charge is -2.07. The Bertz CT molecular complexity index is 746. The van der Waals surface area contributed by atoms with Crippen LogP contribution < -0.4 is 10.6 Å². The van der Waals surface area contributed by atoms with Crippen LogP contribution in [0.5, 0.6) is 0 Å². The Morgan fingerprint density at radius 3 is 2.65 bits per heavy atom. The van der Waals surface area contributed by atoms with Crippen molar-refractivity contribution in [3.8, 4) is 0 Å². The molecule has 0 aliphatic heterocycles. The Morgan fingerprint density at radius 1 is 1.26 bits per heavy atom. The number of nitro groups is 1. The van der Waals surface area contributed by atoms with Gasteiger partial charge in [-0.25, -0.2) is 0 Å². The molecule has 0 atom stereocenters. The Labute approximate surface area is 131 Å². The van der Waals surface area contributed by atoms with Crippen LogP contribution in [-0.4, -0.2) is 21.7 Å². The van der Waals surface area contributed by atoms with Gasteiger partial charge in [-0.1, -0.05) is 6.07 Å². The SMILES string of the molecule is CC(=O)Nc1ccc(C(=O)NCc2ccccn2)cc1[N+](=O)[O-]. The zero-order valence-electron chi connectivity index (χ0n) is 12.3. The number of hydrogen-bond donors (Lipinski definition) is 2. The lowest BCUT2D eigenvalue weighted by atomic mass is 10.1. The van der Waals surface area contributed by atoms with Gasteiger partial charge in [-0.05, 0) is 24.3 Å². The Balaban J connectivity index is 2.15. The largest absolute Gasteiger partial charge is 0.346 e. The number of hydrogen-bond acceptors (Lipinski definition) is 5. The van der Waals surface area contributed by atoms with Crippen molar-refractivity contribution in [3.05, 3.63) is 64.0 Å². The van der Waals surface area contributed by atoms with Crippen LogP contribution in [0.1, 0.15) is 23.0 Å².